The second-order valence-electron chi connectivity index (χ2n) is 6.80. The zero-order valence-electron chi connectivity index (χ0n) is 15.4. The highest BCUT2D eigenvalue weighted by Crippen LogP contribution is 2.18. The van der Waals surface area contributed by atoms with Crippen LogP contribution in [0.1, 0.15) is 36.7 Å². The topological polar surface area (TPSA) is 86.0 Å². The van der Waals surface area contributed by atoms with Gasteiger partial charge in [0.15, 0.2) is 11.5 Å². The molecular weight excluding hydrogens is 347 g/mol. The zero-order valence-corrected chi connectivity index (χ0v) is 15.4. The fourth-order valence-electron chi connectivity index (χ4n) is 3.03. The number of nitrogens with zero attached hydrogens (tertiary/aromatic N) is 6. The molecule has 140 valence electrons. The quantitative estimate of drug-likeness (QED) is 0.819. The van der Waals surface area contributed by atoms with Crippen molar-refractivity contribution < 1.29 is 9.18 Å². The Morgan fingerprint density at radius 1 is 1.26 bits per heavy atom. The van der Waals surface area contributed by atoms with Crippen LogP contribution in [-0.2, 0) is 11.2 Å². The number of hydrogen-bond acceptors (Lipinski definition) is 6. The van der Waals surface area contributed by atoms with Gasteiger partial charge in [-0.1, -0.05) is 13.8 Å². The monoisotopic (exact) mass is 368 g/mol. The van der Waals surface area contributed by atoms with E-state index in [0.29, 0.717) is 43.3 Å². The van der Waals surface area contributed by atoms with Gasteiger partial charge in [-0.15, -0.1) is 10.2 Å². The molecule has 7 nitrogen and oxygen atoms in total. The van der Waals surface area contributed by atoms with Crippen LogP contribution in [0.4, 0.5) is 10.2 Å². The van der Waals surface area contributed by atoms with Crippen LogP contribution in [0.2, 0.25) is 0 Å². The number of pyridine rings is 1. The average Bonchev–Trinajstić information content (AvgIpc) is 2.68. The summed E-state index contributed by atoms with van der Waals surface area (Å²) in [7, 11) is 0. The Morgan fingerprint density at radius 2 is 2.00 bits per heavy atom. The molecule has 8 heteroatoms. The lowest BCUT2D eigenvalue weighted by molar-refractivity contribution is -0.130. The van der Waals surface area contributed by atoms with Crippen molar-refractivity contribution in [3.63, 3.8) is 0 Å². The van der Waals surface area contributed by atoms with E-state index in [0.717, 1.165) is 0 Å². The van der Waals surface area contributed by atoms with Crippen LogP contribution in [0, 0.1) is 17.1 Å². The highest BCUT2D eigenvalue weighted by molar-refractivity contribution is 5.79. The minimum absolute atomic E-state index is 0.00755. The van der Waals surface area contributed by atoms with E-state index in [2.05, 4.69) is 15.2 Å². The number of carbonyl (C=O) groups excluding carboxylic acids is 1. The summed E-state index contributed by atoms with van der Waals surface area (Å²) in [6, 6.07) is 6.73. The second kappa shape index (κ2) is 8.08. The van der Waals surface area contributed by atoms with E-state index in [-0.39, 0.29) is 29.8 Å². The maximum Gasteiger partial charge on any atom is 0.227 e. The fraction of sp³-hybridized carbons (Fsp3) is 0.421. The highest BCUT2D eigenvalue weighted by Gasteiger charge is 2.22. The van der Waals surface area contributed by atoms with Crippen molar-refractivity contribution in [1.29, 1.82) is 5.26 Å². The minimum Gasteiger partial charge on any atom is -0.352 e. The Balaban J connectivity index is 1.57. The third-order valence-electron chi connectivity index (χ3n) is 4.55. The fourth-order valence-corrected chi connectivity index (χ4v) is 3.03. The third kappa shape index (κ3) is 4.37. The Labute approximate surface area is 157 Å². The number of halogens is 1. The SMILES string of the molecule is CC(C)c1ncc(CC(=O)N2CCN(c3ccc(C#N)nn3)CC2)cc1F. The summed E-state index contributed by atoms with van der Waals surface area (Å²) >= 11 is 0. The Morgan fingerprint density at radius 3 is 2.56 bits per heavy atom. The van der Waals surface area contributed by atoms with E-state index in [9.17, 15) is 9.18 Å². The van der Waals surface area contributed by atoms with E-state index in [1.54, 1.807) is 23.2 Å². The third-order valence-corrected chi connectivity index (χ3v) is 4.55. The first-order valence-corrected chi connectivity index (χ1v) is 8.89. The van der Waals surface area contributed by atoms with Gasteiger partial charge in [-0.05, 0) is 29.7 Å². The number of rotatable bonds is 4. The number of piperazine rings is 1. The number of carbonyl (C=O) groups is 1. The predicted octanol–water partition coefficient (Wildman–Crippen LogP) is 1.90. The van der Waals surface area contributed by atoms with Crippen LogP contribution in [0.15, 0.2) is 24.4 Å². The molecule has 1 saturated heterocycles. The van der Waals surface area contributed by atoms with Crippen molar-refractivity contribution in [2.75, 3.05) is 31.1 Å². The Hall–Kier alpha value is -3.08. The molecule has 3 rings (SSSR count). The smallest absolute Gasteiger partial charge is 0.227 e. The minimum atomic E-state index is -0.362. The lowest BCUT2D eigenvalue weighted by Crippen LogP contribution is -2.49. The molecule has 0 N–H and O–H groups in total. The molecule has 1 aliphatic rings. The van der Waals surface area contributed by atoms with Crippen LogP contribution < -0.4 is 4.90 Å². The van der Waals surface area contributed by atoms with Crippen LogP contribution in [0.5, 0.6) is 0 Å². The van der Waals surface area contributed by atoms with E-state index in [4.69, 9.17) is 5.26 Å². The maximum atomic E-state index is 14.1. The second-order valence-corrected chi connectivity index (χ2v) is 6.80. The molecule has 2 aromatic rings. The van der Waals surface area contributed by atoms with Crippen LogP contribution in [-0.4, -0.2) is 52.2 Å². The van der Waals surface area contributed by atoms with E-state index in [1.165, 1.54) is 6.07 Å². The van der Waals surface area contributed by atoms with Gasteiger partial charge < -0.3 is 9.80 Å². The molecule has 0 atom stereocenters. The summed E-state index contributed by atoms with van der Waals surface area (Å²) in [5.41, 5.74) is 1.28. The van der Waals surface area contributed by atoms with Gasteiger partial charge in [0.25, 0.3) is 0 Å². The molecule has 3 heterocycles. The van der Waals surface area contributed by atoms with Gasteiger partial charge in [0.05, 0.1) is 12.1 Å². The van der Waals surface area contributed by atoms with Crippen molar-refractivity contribution in [2.24, 2.45) is 0 Å². The van der Waals surface area contributed by atoms with Gasteiger partial charge >= 0.3 is 0 Å². The Kier molecular flexibility index (Phi) is 5.60. The van der Waals surface area contributed by atoms with E-state index in [1.807, 2.05) is 24.8 Å². The molecule has 0 bridgehead atoms. The van der Waals surface area contributed by atoms with E-state index >= 15 is 0 Å². The average molecular weight is 368 g/mol. The zero-order chi connectivity index (χ0) is 19.4. The molecule has 2 aromatic heterocycles. The van der Waals surface area contributed by atoms with Gasteiger partial charge in [-0.2, -0.15) is 5.26 Å². The number of hydrogen-bond donors (Lipinski definition) is 0. The first-order valence-electron chi connectivity index (χ1n) is 8.89. The molecule has 0 radical (unpaired) electrons. The summed E-state index contributed by atoms with van der Waals surface area (Å²) < 4.78 is 14.1. The molecule has 0 aromatic carbocycles. The molecule has 1 aliphatic heterocycles. The lowest BCUT2D eigenvalue weighted by Gasteiger charge is -2.35. The Bertz CT molecular complexity index is 853. The van der Waals surface area contributed by atoms with Gasteiger partial charge in [0.2, 0.25) is 5.91 Å². The highest BCUT2D eigenvalue weighted by atomic mass is 19.1. The number of aromatic nitrogens is 3. The number of anilines is 1. The first-order chi connectivity index (χ1) is 13.0. The summed E-state index contributed by atoms with van der Waals surface area (Å²) in [6.07, 6.45) is 1.72. The largest absolute Gasteiger partial charge is 0.352 e. The number of nitriles is 1. The predicted molar refractivity (Wildman–Crippen MR) is 97.5 cm³/mol. The molecule has 1 amide bonds. The van der Waals surface area contributed by atoms with E-state index < -0.39 is 0 Å². The normalized spacial score (nSPS) is 14.3. The van der Waals surface area contributed by atoms with Crippen molar-refractivity contribution >= 4 is 11.7 Å². The van der Waals surface area contributed by atoms with Gasteiger partial charge in [0.1, 0.15) is 11.9 Å². The van der Waals surface area contributed by atoms with Crippen molar-refractivity contribution in [2.45, 2.75) is 26.2 Å². The van der Waals surface area contributed by atoms with Gasteiger partial charge in [-0.3, -0.25) is 9.78 Å². The van der Waals surface area contributed by atoms with Gasteiger partial charge in [-0.25, -0.2) is 4.39 Å². The van der Waals surface area contributed by atoms with Crippen molar-refractivity contribution in [3.05, 3.63) is 47.2 Å². The molecule has 1 fully saturated rings. The van der Waals surface area contributed by atoms with Gasteiger partial charge in [0, 0.05) is 32.4 Å². The lowest BCUT2D eigenvalue weighted by atomic mass is 10.1. The molecule has 0 spiro atoms. The number of amides is 1. The molecule has 0 aliphatic carbocycles. The summed E-state index contributed by atoms with van der Waals surface area (Å²) in [5.74, 6) is 0.295. The van der Waals surface area contributed by atoms with Crippen LogP contribution >= 0.6 is 0 Å². The van der Waals surface area contributed by atoms with Crippen molar-refractivity contribution in [3.8, 4) is 6.07 Å². The molecule has 27 heavy (non-hydrogen) atoms. The first kappa shape index (κ1) is 18.7. The summed E-state index contributed by atoms with van der Waals surface area (Å²) in [5, 5.41) is 16.7. The van der Waals surface area contributed by atoms with Crippen LogP contribution in [0.25, 0.3) is 0 Å². The van der Waals surface area contributed by atoms with Crippen LogP contribution in [0.3, 0.4) is 0 Å². The maximum absolute atomic E-state index is 14.1. The summed E-state index contributed by atoms with van der Waals surface area (Å²) in [4.78, 5) is 20.5. The molecular formula is C19H21FN6O. The summed E-state index contributed by atoms with van der Waals surface area (Å²) in [6.45, 7) is 6.14. The van der Waals surface area contributed by atoms with Crippen molar-refractivity contribution in [1.82, 2.24) is 20.1 Å². The molecule has 0 unspecified atom stereocenters. The molecule has 0 saturated carbocycles. The standard InChI is InChI=1S/C19H21FN6O/c1-13(2)19-16(20)9-14(12-22-19)10-18(27)26-7-5-25(6-8-26)17-4-3-15(11-21)23-24-17/h3-4,9,12-13H,5-8,10H2,1-2H3.